The third kappa shape index (κ3) is 3.19. The Balaban J connectivity index is 1.58. The molecule has 1 saturated heterocycles. The number of benzene rings is 2. The fraction of sp³-hybridized carbons (Fsp3) is 0.250. The highest BCUT2D eigenvalue weighted by Gasteiger charge is 2.38. The average molecular weight is 383 g/mol. The molecule has 1 aromatic heterocycles. The topological polar surface area (TPSA) is 53.5 Å². The first-order valence-electron chi connectivity index (χ1n) is 8.80. The first-order valence-corrected chi connectivity index (χ1v) is 9.62. The number of hydrogen-bond acceptors (Lipinski definition) is 4. The van der Waals surface area contributed by atoms with Crippen molar-refractivity contribution in [2.45, 2.75) is 13.3 Å². The molecule has 4 rings (SSSR count). The maximum Gasteiger partial charge on any atom is 0.234 e. The summed E-state index contributed by atoms with van der Waals surface area (Å²) in [6.45, 7) is 2.53. The largest absolute Gasteiger partial charge is 0.309 e. The van der Waals surface area contributed by atoms with Gasteiger partial charge in [-0.3, -0.25) is 14.5 Å². The highest BCUT2D eigenvalue weighted by molar-refractivity contribution is 7.22. The van der Waals surface area contributed by atoms with E-state index in [1.165, 1.54) is 22.3 Å². The van der Waals surface area contributed by atoms with Crippen LogP contribution in [0.3, 0.4) is 0 Å². The second kappa shape index (κ2) is 7.08. The molecular weight excluding hydrogens is 365 g/mol. The number of thiazole rings is 1. The Morgan fingerprint density at radius 1 is 1.26 bits per heavy atom. The van der Waals surface area contributed by atoms with Gasteiger partial charge in [-0.1, -0.05) is 35.6 Å². The number of fused-ring (bicyclic) bond motifs is 1. The van der Waals surface area contributed by atoms with Crippen molar-refractivity contribution in [2.24, 2.45) is 5.92 Å². The first-order chi connectivity index (χ1) is 13.1. The van der Waals surface area contributed by atoms with Crippen LogP contribution in [0.5, 0.6) is 0 Å². The summed E-state index contributed by atoms with van der Waals surface area (Å²) in [5.41, 5.74) is 1.07. The quantitative estimate of drug-likeness (QED) is 0.688. The summed E-state index contributed by atoms with van der Waals surface area (Å²) in [6.07, 6.45) is 0.0779. The molecule has 5 nitrogen and oxygen atoms in total. The standard InChI is InChI=1S/C20H18FN3O2S/c1-2-23(20-22-15-8-4-6-10-17(15)27-20)19(26)13-11-18(25)24(12-13)16-9-5-3-7-14(16)21/h3-10,13H,2,11-12H2,1H3. The van der Waals surface area contributed by atoms with E-state index in [0.29, 0.717) is 11.7 Å². The van der Waals surface area contributed by atoms with Crippen molar-refractivity contribution >= 4 is 44.2 Å². The van der Waals surface area contributed by atoms with Crippen LogP contribution >= 0.6 is 11.3 Å². The van der Waals surface area contributed by atoms with Gasteiger partial charge < -0.3 is 4.90 Å². The number of carbonyl (C=O) groups is 2. The molecule has 0 aliphatic carbocycles. The van der Waals surface area contributed by atoms with E-state index in [0.717, 1.165) is 10.2 Å². The van der Waals surface area contributed by atoms with Crippen molar-refractivity contribution in [3.8, 4) is 0 Å². The summed E-state index contributed by atoms with van der Waals surface area (Å²) in [4.78, 5) is 33.0. The monoisotopic (exact) mass is 383 g/mol. The minimum Gasteiger partial charge on any atom is -0.309 e. The van der Waals surface area contributed by atoms with Crippen molar-refractivity contribution in [2.75, 3.05) is 22.9 Å². The van der Waals surface area contributed by atoms with Gasteiger partial charge in [-0.2, -0.15) is 0 Å². The molecule has 138 valence electrons. The van der Waals surface area contributed by atoms with Crippen LogP contribution in [0.4, 0.5) is 15.2 Å². The summed E-state index contributed by atoms with van der Waals surface area (Å²) < 4.78 is 15.1. The maximum atomic E-state index is 14.1. The highest BCUT2D eigenvalue weighted by Crippen LogP contribution is 2.32. The van der Waals surface area contributed by atoms with E-state index < -0.39 is 11.7 Å². The molecule has 1 fully saturated rings. The molecule has 2 aromatic carbocycles. The Labute approximate surface area is 160 Å². The van der Waals surface area contributed by atoms with Gasteiger partial charge in [0.15, 0.2) is 5.13 Å². The number of carbonyl (C=O) groups excluding carboxylic acids is 2. The van der Waals surface area contributed by atoms with Crippen LogP contribution in [0.25, 0.3) is 10.2 Å². The Morgan fingerprint density at radius 3 is 2.74 bits per heavy atom. The van der Waals surface area contributed by atoms with Gasteiger partial charge in [0.1, 0.15) is 5.82 Å². The zero-order valence-corrected chi connectivity index (χ0v) is 15.6. The van der Waals surface area contributed by atoms with Gasteiger partial charge in [0, 0.05) is 19.5 Å². The van der Waals surface area contributed by atoms with Gasteiger partial charge in [0.05, 0.1) is 21.8 Å². The third-order valence-corrected chi connectivity index (χ3v) is 5.77. The maximum absolute atomic E-state index is 14.1. The fourth-order valence-corrected chi connectivity index (χ4v) is 4.39. The van der Waals surface area contributed by atoms with Crippen molar-refractivity contribution in [3.63, 3.8) is 0 Å². The van der Waals surface area contributed by atoms with E-state index in [4.69, 9.17) is 0 Å². The molecule has 1 unspecified atom stereocenters. The number of nitrogens with zero attached hydrogens (tertiary/aromatic N) is 3. The molecule has 0 radical (unpaired) electrons. The van der Waals surface area contributed by atoms with Gasteiger partial charge in [0.2, 0.25) is 11.8 Å². The molecule has 1 atom stereocenters. The Kier molecular flexibility index (Phi) is 4.61. The Morgan fingerprint density at radius 2 is 2.00 bits per heavy atom. The van der Waals surface area contributed by atoms with Crippen LogP contribution in [0.15, 0.2) is 48.5 Å². The lowest BCUT2D eigenvalue weighted by molar-refractivity contribution is -0.124. The molecule has 2 amide bonds. The molecule has 1 aliphatic rings. The highest BCUT2D eigenvalue weighted by atomic mass is 32.1. The number of amides is 2. The molecule has 0 spiro atoms. The normalized spacial score (nSPS) is 16.9. The van der Waals surface area contributed by atoms with Crippen LogP contribution in [0, 0.1) is 11.7 Å². The van der Waals surface area contributed by atoms with E-state index >= 15 is 0 Å². The van der Waals surface area contributed by atoms with Gasteiger partial charge in [-0.15, -0.1) is 0 Å². The number of hydrogen-bond donors (Lipinski definition) is 0. The van der Waals surface area contributed by atoms with Crippen LogP contribution in [0.2, 0.25) is 0 Å². The van der Waals surface area contributed by atoms with Gasteiger partial charge in [-0.25, -0.2) is 9.37 Å². The minimum atomic E-state index is -0.510. The number of rotatable bonds is 4. The predicted molar refractivity (Wildman–Crippen MR) is 105 cm³/mol. The van der Waals surface area contributed by atoms with Gasteiger partial charge in [0.25, 0.3) is 0 Å². The summed E-state index contributed by atoms with van der Waals surface area (Å²) in [6, 6.07) is 13.9. The molecule has 3 aromatic rings. The van der Waals surface area contributed by atoms with E-state index in [2.05, 4.69) is 4.98 Å². The molecule has 0 bridgehead atoms. The lowest BCUT2D eigenvalue weighted by Crippen LogP contribution is -2.37. The van der Waals surface area contributed by atoms with Crippen LogP contribution in [0.1, 0.15) is 13.3 Å². The van der Waals surface area contributed by atoms with E-state index in [9.17, 15) is 14.0 Å². The van der Waals surface area contributed by atoms with Crippen molar-refractivity contribution in [3.05, 3.63) is 54.3 Å². The first kappa shape index (κ1) is 17.6. The van der Waals surface area contributed by atoms with Crippen LogP contribution in [-0.4, -0.2) is 29.9 Å². The van der Waals surface area contributed by atoms with E-state index in [1.54, 1.807) is 23.1 Å². The van der Waals surface area contributed by atoms with Gasteiger partial charge >= 0.3 is 0 Å². The minimum absolute atomic E-state index is 0.0779. The molecule has 27 heavy (non-hydrogen) atoms. The number of para-hydroxylation sites is 2. The summed E-state index contributed by atoms with van der Waals surface area (Å²) in [5.74, 6) is -1.36. The Bertz CT molecular complexity index is 986. The molecule has 0 N–H and O–H groups in total. The SMILES string of the molecule is CCN(C(=O)C1CC(=O)N(c2ccccc2F)C1)c1nc2ccccc2s1. The summed E-state index contributed by atoms with van der Waals surface area (Å²) in [5, 5.41) is 0.625. The summed E-state index contributed by atoms with van der Waals surface area (Å²) >= 11 is 1.45. The average Bonchev–Trinajstić information content (AvgIpc) is 3.26. The van der Waals surface area contributed by atoms with Crippen molar-refractivity contribution < 1.29 is 14.0 Å². The fourth-order valence-electron chi connectivity index (χ4n) is 3.36. The third-order valence-electron chi connectivity index (χ3n) is 4.71. The molecule has 2 heterocycles. The molecule has 0 saturated carbocycles. The zero-order chi connectivity index (χ0) is 19.0. The molecule has 1 aliphatic heterocycles. The van der Waals surface area contributed by atoms with Crippen molar-refractivity contribution in [1.29, 1.82) is 0 Å². The number of anilines is 2. The zero-order valence-electron chi connectivity index (χ0n) is 14.8. The second-order valence-electron chi connectivity index (χ2n) is 6.40. The summed E-state index contributed by atoms with van der Waals surface area (Å²) in [7, 11) is 0. The number of halogens is 1. The smallest absolute Gasteiger partial charge is 0.234 e. The van der Waals surface area contributed by atoms with Crippen LogP contribution < -0.4 is 9.80 Å². The second-order valence-corrected chi connectivity index (χ2v) is 7.41. The van der Waals surface area contributed by atoms with Crippen molar-refractivity contribution in [1.82, 2.24) is 4.98 Å². The number of aromatic nitrogens is 1. The predicted octanol–water partition coefficient (Wildman–Crippen LogP) is 3.84. The lowest BCUT2D eigenvalue weighted by atomic mass is 10.1. The van der Waals surface area contributed by atoms with E-state index in [1.807, 2.05) is 31.2 Å². The lowest BCUT2D eigenvalue weighted by Gasteiger charge is -2.22. The molecular formula is C20H18FN3O2S. The van der Waals surface area contributed by atoms with Crippen LogP contribution in [-0.2, 0) is 9.59 Å². The van der Waals surface area contributed by atoms with E-state index in [-0.39, 0.29) is 30.5 Å². The Hall–Kier alpha value is -2.80. The molecule has 7 heteroatoms. The van der Waals surface area contributed by atoms with Gasteiger partial charge in [-0.05, 0) is 31.2 Å².